The number of hydrogen-bond acceptors (Lipinski definition) is 5. The van der Waals surface area contributed by atoms with Crippen LogP contribution in [-0.4, -0.2) is 55.4 Å². The molecule has 4 rings (SSSR count). The first-order chi connectivity index (χ1) is 13.4. The number of fused-ring (bicyclic) bond motifs is 1. The minimum absolute atomic E-state index is 0.0961. The normalized spacial score (nSPS) is 12.9. The molecule has 2 aromatic heterocycles. The molecule has 28 heavy (non-hydrogen) atoms. The summed E-state index contributed by atoms with van der Waals surface area (Å²) in [4.78, 5) is 42.5. The van der Waals surface area contributed by atoms with Crippen LogP contribution in [0.4, 0.5) is 10.5 Å². The minimum Gasteiger partial charge on any atom is -0.463 e. The summed E-state index contributed by atoms with van der Waals surface area (Å²) in [6.07, 6.45) is 1.65. The van der Waals surface area contributed by atoms with Crippen LogP contribution in [0.2, 0.25) is 0 Å². The lowest BCUT2D eigenvalue weighted by molar-refractivity contribution is 0.0747. The van der Waals surface area contributed by atoms with Crippen molar-refractivity contribution < 1.29 is 14.7 Å². The Kier molecular flexibility index (Phi) is 4.03. The van der Waals surface area contributed by atoms with Crippen LogP contribution in [0, 0.1) is 0 Å². The average Bonchev–Trinajstić information content (AvgIpc) is 3.35. The predicted molar refractivity (Wildman–Crippen MR) is 99.9 cm³/mol. The molecule has 1 amide bonds. The number of aromatic nitrogens is 4. The Labute approximate surface area is 159 Å². The number of amides is 1. The molecule has 144 valence electrons. The number of nitrogens with one attached hydrogen (secondary N) is 1. The second-order valence-corrected chi connectivity index (χ2v) is 6.68. The number of carboxylic acid groups (broad SMARTS) is 1. The van der Waals surface area contributed by atoms with Crippen LogP contribution in [0.15, 0.2) is 41.5 Å². The summed E-state index contributed by atoms with van der Waals surface area (Å²) in [7, 11) is 3.77. The second kappa shape index (κ2) is 6.41. The zero-order valence-corrected chi connectivity index (χ0v) is 15.3. The van der Waals surface area contributed by atoms with E-state index in [0.717, 1.165) is 10.4 Å². The summed E-state index contributed by atoms with van der Waals surface area (Å²) in [6, 6.07) is 7.20. The highest BCUT2D eigenvalue weighted by molar-refractivity contribution is 5.95. The number of hydrogen-bond donors (Lipinski definition) is 2. The highest BCUT2D eigenvalue weighted by Crippen LogP contribution is 2.29. The summed E-state index contributed by atoms with van der Waals surface area (Å²) in [5, 5.41) is 13.5. The van der Waals surface area contributed by atoms with E-state index < -0.39 is 11.8 Å². The number of aromatic amines is 1. The summed E-state index contributed by atoms with van der Waals surface area (Å²) >= 11 is 0. The van der Waals surface area contributed by atoms with E-state index in [2.05, 4.69) is 10.1 Å². The third kappa shape index (κ3) is 2.75. The maximum atomic E-state index is 13.0. The molecule has 0 radical (unpaired) electrons. The van der Waals surface area contributed by atoms with Gasteiger partial charge in [-0.3, -0.25) is 4.79 Å². The summed E-state index contributed by atoms with van der Waals surface area (Å²) < 4.78 is 2.06. The van der Waals surface area contributed by atoms with E-state index in [1.807, 2.05) is 25.1 Å². The molecule has 0 aliphatic carbocycles. The zero-order valence-electron chi connectivity index (χ0n) is 15.3. The van der Waals surface area contributed by atoms with Crippen molar-refractivity contribution in [3.63, 3.8) is 0 Å². The van der Waals surface area contributed by atoms with Crippen LogP contribution in [-0.2, 0) is 13.1 Å². The molecule has 0 saturated heterocycles. The number of imidazole rings is 1. The Balaban J connectivity index is 1.71. The van der Waals surface area contributed by atoms with Gasteiger partial charge in [-0.25, -0.2) is 14.2 Å². The van der Waals surface area contributed by atoms with Gasteiger partial charge in [-0.15, -0.1) is 5.10 Å². The highest BCUT2D eigenvalue weighted by Gasteiger charge is 2.34. The Morgan fingerprint density at radius 3 is 2.68 bits per heavy atom. The molecule has 1 aliphatic rings. The standard InChI is InChI=1S/C18H18N6O4/c1-21(2)12-5-3-4-11(8-12)16(25)22-9-13-14(10-22)24(18(27)28)20-15(13)23-7-6-19-17(23)26/h3-8H,9-10H2,1-2H3,(H,19,26)(H,27,28). The fourth-order valence-corrected chi connectivity index (χ4v) is 3.31. The third-order valence-electron chi connectivity index (χ3n) is 4.71. The van der Waals surface area contributed by atoms with Gasteiger partial charge in [-0.1, -0.05) is 6.07 Å². The molecular weight excluding hydrogens is 364 g/mol. The number of benzene rings is 1. The first-order valence-corrected chi connectivity index (χ1v) is 8.54. The fourth-order valence-electron chi connectivity index (χ4n) is 3.31. The summed E-state index contributed by atoms with van der Waals surface area (Å²) in [5.41, 5.74) is 1.89. The molecule has 0 atom stereocenters. The fraction of sp³-hybridized carbons (Fsp3) is 0.222. The van der Waals surface area contributed by atoms with Crippen molar-refractivity contribution in [2.45, 2.75) is 13.1 Å². The molecule has 0 spiro atoms. The van der Waals surface area contributed by atoms with Gasteiger partial charge in [0, 0.05) is 43.3 Å². The average molecular weight is 382 g/mol. The number of anilines is 1. The van der Waals surface area contributed by atoms with Crippen LogP contribution in [0.1, 0.15) is 21.6 Å². The molecule has 1 aromatic carbocycles. The molecule has 3 aromatic rings. The van der Waals surface area contributed by atoms with E-state index >= 15 is 0 Å². The van der Waals surface area contributed by atoms with Crippen molar-refractivity contribution in [3.05, 3.63) is 64.0 Å². The molecule has 2 N–H and O–H groups in total. The lowest BCUT2D eigenvalue weighted by atomic mass is 10.1. The molecule has 3 heterocycles. The van der Waals surface area contributed by atoms with Gasteiger partial charge in [0.15, 0.2) is 5.82 Å². The Morgan fingerprint density at radius 2 is 2.04 bits per heavy atom. The second-order valence-electron chi connectivity index (χ2n) is 6.68. The lowest BCUT2D eigenvalue weighted by Gasteiger charge is -2.18. The molecular formula is C18H18N6O4. The van der Waals surface area contributed by atoms with Gasteiger partial charge >= 0.3 is 11.8 Å². The minimum atomic E-state index is -1.27. The maximum Gasteiger partial charge on any atom is 0.432 e. The Bertz CT molecular complexity index is 1140. The highest BCUT2D eigenvalue weighted by atomic mass is 16.4. The third-order valence-corrected chi connectivity index (χ3v) is 4.71. The van der Waals surface area contributed by atoms with Crippen molar-refractivity contribution in [2.75, 3.05) is 19.0 Å². The number of carbonyl (C=O) groups is 2. The van der Waals surface area contributed by atoms with Gasteiger partial charge < -0.3 is 19.9 Å². The van der Waals surface area contributed by atoms with E-state index in [9.17, 15) is 19.5 Å². The van der Waals surface area contributed by atoms with Crippen LogP contribution in [0.25, 0.3) is 5.82 Å². The van der Waals surface area contributed by atoms with Crippen molar-refractivity contribution >= 4 is 17.7 Å². The molecule has 1 aliphatic heterocycles. The Morgan fingerprint density at radius 1 is 1.25 bits per heavy atom. The van der Waals surface area contributed by atoms with Crippen molar-refractivity contribution in [2.24, 2.45) is 0 Å². The van der Waals surface area contributed by atoms with Crippen LogP contribution >= 0.6 is 0 Å². The van der Waals surface area contributed by atoms with E-state index in [1.54, 1.807) is 23.1 Å². The summed E-state index contributed by atoms with van der Waals surface area (Å²) in [6.45, 7) is 0.263. The number of carbonyl (C=O) groups excluding carboxylic acids is 1. The van der Waals surface area contributed by atoms with E-state index in [0.29, 0.717) is 16.8 Å². The van der Waals surface area contributed by atoms with Gasteiger partial charge in [-0.2, -0.15) is 4.68 Å². The smallest absolute Gasteiger partial charge is 0.432 e. The van der Waals surface area contributed by atoms with Gasteiger partial charge in [0.1, 0.15) is 0 Å². The Hall–Kier alpha value is -3.82. The molecule has 0 fully saturated rings. The van der Waals surface area contributed by atoms with Crippen LogP contribution in [0.3, 0.4) is 0 Å². The number of nitrogens with zero attached hydrogens (tertiary/aromatic N) is 5. The van der Waals surface area contributed by atoms with Gasteiger partial charge in [0.05, 0.1) is 18.8 Å². The quantitative estimate of drug-likeness (QED) is 0.701. The van der Waals surface area contributed by atoms with Gasteiger partial charge in [0.25, 0.3) is 5.91 Å². The van der Waals surface area contributed by atoms with Crippen molar-refractivity contribution in [1.29, 1.82) is 0 Å². The molecule has 0 unspecified atom stereocenters. The number of H-pyrrole nitrogens is 1. The molecule has 10 nitrogen and oxygen atoms in total. The molecule has 0 saturated carbocycles. The first kappa shape index (κ1) is 17.6. The first-order valence-electron chi connectivity index (χ1n) is 8.54. The van der Waals surface area contributed by atoms with Gasteiger partial charge in [-0.05, 0) is 18.2 Å². The SMILES string of the molecule is CN(C)c1cccc(C(=O)N2Cc3c(-n4cc[nH]c4=O)nn(C(=O)O)c3C2)c1. The van der Waals surface area contributed by atoms with Gasteiger partial charge in [0.2, 0.25) is 0 Å². The van der Waals surface area contributed by atoms with E-state index in [-0.39, 0.29) is 24.8 Å². The van der Waals surface area contributed by atoms with E-state index in [4.69, 9.17) is 0 Å². The monoisotopic (exact) mass is 382 g/mol. The van der Waals surface area contributed by atoms with Crippen LogP contribution in [0.5, 0.6) is 0 Å². The van der Waals surface area contributed by atoms with Crippen molar-refractivity contribution in [1.82, 2.24) is 24.2 Å². The topological polar surface area (TPSA) is 116 Å². The molecule has 10 heteroatoms. The largest absolute Gasteiger partial charge is 0.463 e. The van der Waals surface area contributed by atoms with Crippen LogP contribution < -0.4 is 10.6 Å². The summed E-state index contributed by atoms with van der Waals surface area (Å²) in [5.74, 6) is -0.00908. The van der Waals surface area contributed by atoms with Crippen molar-refractivity contribution in [3.8, 4) is 5.82 Å². The zero-order chi connectivity index (χ0) is 20.0. The predicted octanol–water partition coefficient (Wildman–Crippen LogP) is 1.11. The lowest BCUT2D eigenvalue weighted by Crippen LogP contribution is -2.28. The van der Waals surface area contributed by atoms with E-state index in [1.165, 1.54) is 17.0 Å². The number of rotatable bonds is 3. The maximum absolute atomic E-state index is 13.0. The molecule has 0 bridgehead atoms.